The van der Waals surface area contributed by atoms with E-state index in [0.717, 1.165) is 43.2 Å². The van der Waals surface area contributed by atoms with E-state index < -0.39 is 6.10 Å². The number of rotatable bonds is 6. The first-order chi connectivity index (χ1) is 15.0. The van der Waals surface area contributed by atoms with Crippen molar-refractivity contribution >= 4 is 11.6 Å². The van der Waals surface area contributed by atoms with Gasteiger partial charge in [-0.05, 0) is 93.2 Å². The predicted octanol–water partition coefficient (Wildman–Crippen LogP) is 5.45. The molecule has 0 saturated carbocycles. The highest BCUT2D eigenvalue weighted by molar-refractivity contribution is 5.81. The standard InChI is InChI=1S/C27H36N2O2/c1-19-8-7-17-29(18-19)24-15-13-22(14-16-24)20(2)28-27(30)21(3)31-26-12-6-10-23-9-4-5-11-25(23)26/h6,10,12-16,19-21H,4-5,7-9,11,17-18H2,1-3H3,(H,28,30)/t19-,20+,21-/m1/s1. The quantitative estimate of drug-likeness (QED) is 0.676. The zero-order valence-electron chi connectivity index (χ0n) is 19.2. The summed E-state index contributed by atoms with van der Waals surface area (Å²) >= 11 is 0. The molecule has 2 aliphatic rings. The number of benzene rings is 2. The molecular formula is C27H36N2O2. The van der Waals surface area contributed by atoms with Crippen LogP contribution in [0, 0.1) is 5.92 Å². The van der Waals surface area contributed by atoms with E-state index >= 15 is 0 Å². The third-order valence-electron chi connectivity index (χ3n) is 6.80. The average molecular weight is 421 g/mol. The number of carbonyl (C=O) groups excluding carboxylic acids is 1. The molecule has 1 aliphatic carbocycles. The van der Waals surface area contributed by atoms with Gasteiger partial charge in [0.25, 0.3) is 5.91 Å². The van der Waals surface area contributed by atoms with Crippen LogP contribution in [0.4, 0.5) is 5.69 Å². The van der Waals surface area contributed by atoms with Crippen LogP contribution in [0.3, 0.4) is 0 Å². The van der Waals surface area contributed by atoms with Gasteiger partial charge in [0.1, 0.15) is 5.75 Å². The fourth-order valence-corrected chi connectivity index (χ4v) is 4.91. The van der Waals surface area contributed by atoms with Gasteiger partial charge in [0.05, 0.1) is 6.04 Å². The molecule has 0 unspecified atom stereocenters. The SMILES string of the molecule is C[C@@H]1CCCN(c2ccc([C@H](C)NC(=O)[C@@H](C)Oc3cccc4c3CCCC4)cc2)C1. The lowest BCUT2D eigenvalue weighted by Crippen LogP contribution is -2.38. The number of aryl methyl sites for hydroxylation is 1. The molecule has 1 saturated heterocycles. The number of nitrogens with one attached hydrogen (secondary N) is 1. The van der Waals surface area contributed by atoms with Crippen LogP contribution in [0.5, 0.6) is 5.75 Å². The van der Waals surface area contributed by atoms with Gasteiger partial charge in [0, 0.05) is 18.8 Å². The maximum Gasteiger partial charge on any atom is 0.261 e. The second-order valence-electron chi connectivity index (χ2n) is 9.38. The van der Waals surface area contributed by atoms with Crippen molar-refractivity contribution in [1.82, 2.24) is 5.32 Å². The predicted molar refractivity (Wildman–Crippen MR) is 127 cm³/mol. The lowest BCUT2D eigenvalue weighted by atomic mass is 9.91. The Labute approximate surface area is 187 Å². The van der Waals surface area contributed by atoms with Gasteiger partial charge < -0.3 is 15.0 Å². The number of nitrogens with zero attached hydrogens (tertiary/aromatic N) is 1. The van der Waals surface area contributed by atoms with Crippen LogP contribution in [0.25, 0.3) is 0 Å². The molecule has 4 heteroatoms. The Bertz CT molecular complexity index is 893. The number of carbonyl (C=O) groups is 1. The van der Waals surface area contributed by atoms with E-state index in [1.165, 1.54) is 42.5 Å². The monoisotopic (exact) mass is 420 g/mol. The van der Waals surface area contributed by atoms with Crippen molar-refractivity contribution in [3.8, 4) is 5.75 Å². The van der Waals surface area contributed by atoms with E-state index in [1.807, 2.05) is 26.0 Å². The van der Waals surface area contributed by atoms with Gasteiger partial charge in [0.15, 0.2) is 6.10 Å². The topological polar surface area (TPSA) is 41.6 Å². The molecule has 0 bridgehead atoms. The van der Waals surface area contributed by atoms with Crippen molar-refractivity contribution in [2.75, 3.05) is 18.0 Å². The molecule has 2 aromatic rings. The third-order valence-corrected chi connectivity index (χ3v) is 6.80. The maximum atomic E-state index is 12.8. The first-order valence-electron chi connectivity index (χ1n) is 11.9. The Hall–Kier alpha value is -2.49. The Kier molecular flexibility index (Phi) is 6.84. The number of fused-ring (bicyclic) bond motifs is 1. The molecule has 4 rings (SSSR count). The van der Waals surface area contributed by atoms with Crippen LogP contribution in [-0.4, -0.2) is 25.1 Å². The van der Waals surface area contributed by atoms with Crippen molar-refractivity contribution < 1.29 is 9.53 Å². The molecule has 2 aromatic carbocycles. The number of hydrogen-bond donors (Lipinski definition) is 1. The summed E-state index contributed by atoms with van der Waals surface area (Å²) in [4.78, 5) is 15.3. The lowest BCUT2D eigenvalue weighted by Gasteiger charge is -2.33. The molecular weight excluding hydrogens is 384 g/mol. The largest absolute Gasteiger partial charge is 0.481 e. The summed E-state index contributed by atoms with van der Waals surface area (Å²) in [6, 6.07) is 14.8. The number of hydrogen-bond acceptors (Lipinski definition) is 3. The van der Waals surface area contributed by atoms with Crippen LogP contribution in [0.2, 0.25) is 0 Å². The van der Waals surface area contributed by atoms with Gasteiger partial charge in [-0.2, -0.15) is 0 Å². The van der Waals surface area contributed by atoms with Crippen LogP contribution >= 0.6 is 0 Å². The van der Waals surface area contributed by atoms with Crippen LogP contribution in [0.15, 0.2) is 42.5 Å². The van der Waals surface area contributed by atoms with Gasteiger partial charge >= 0.3 is 0 Å². The molecule has 3 atom stereocenters. The average Bonchev–Trinajstić information content (AvgIpc) is 2.79. The number of amides is 1. The summed E-state index contributed by atoms with van der Waals surface area (Å²) < 4.78 is 6.10. The Balaban J connectivity index is 1.35. The summed E-state index contributed by atoms with van der Waals surface area (Å²) in [6.45, 7) is 8.46. The van der Waals surface area contributed by atoms with Gasteiger partial charge in [-0.3, -0.25) is 4.79 Å². The zero-order chi connectivity index (χ0) is 21.8. The Morgan fingerprint density at radius 3 is 2.61 bits per heavy atom. The fourth-order valence-electron chi connectivity index (χ4n) is 4.91. The van der Waals surface area contributed by atoms with Crippen LogP contribution in [0.1, 0.15) is 69.2 Å². The van der Waals surface area contributed by atoms with Crippen LogP contribution in [-0.2, 0) is 17.6 Å². The highest BCUT2D eigenvalue weighted by Crippen LogP contribution is 2.30. The Morgan fingerprint density at radius 2 is 1.84 bits per heavy atom. The van der Waals surface area contributed by atoms with Gasteiger partial charge in [0.2, 0.25) is 0 Å². The van der Waals surface area contributed by atoms with Crippen molar-refractivity contribution in [3.63, 3.8) is 0 Å². The minimum absolute atomic E-state index is 0.0578. The maximum absolute atomic E-state index is 12.8. The molecule has 1 fully saturated rings. The fraction of sp³-hybridized carbons (Fsp3) is 0.519. The van der Waals surface area contributed by atoms with E-state index in [-0.39, 0.29) is 11.9 Å². The number of ether oxygens (including phenoxy) is 1. The van der Waals surface area contributed by atoms with Crippen molar-refractivity contribution in [3.05, 3.63) is 59.2 Å². The van der Waals surface area contributed by atoms with Gasteiger partial charge in [-0.25, -0.2) is 0 Å². The van der Waals surface area contributed by atoms with E-state index in [0.29, 0.717) is 0 Å². The molecule has 0 aromatic heterocycles. The van der Waals surface area contributed by atoms with Gasteiger partial charge in [-0.1, -0.05) is 31.2 Å². The minimum atomic E-state index is -0.523. The molecule has 1 N–H and O–H groups in total. The van der Waals surface area contributed by atoms with Crippen molar-refractivity contribution in [1.29, 1.82) is 0 Å². The van der Waals surface area contributed by atoms with Crippen molar-refractivity contribution in [2.45, 2.75) is 71.4 Å². The second kappa shape index (κ2) is 9.76. The molecule has 1 heterocycles. The normalized spacial score (nSPS) is 20.5. The summed E-state index contributed by atoms with van der Waals surface area (Å²) in [5.74, 6) is 1.55. The first-order valence-corrected chi connectivity index (χ1v) is 11.9. The van der Waals surface area contributed by atoms with Crippen molar-refractivity contribution in [2.24, 2.45) is 5.92 Å². The van der Waals surface area contributed by atoms with E-state index in [4.69, 9.17) is 4.74 Å². The summed E-state index contributed by atoms with van der Waals surface area (Å²) in [5, 5.41) is 3.12. The van der Waals surface area contributed by atoms with E-state index in [2.05, 4.69) is 47.5 Å². The summed E-state index contributed by atoms with van der Waals surface area (Å²) in [7, 11) is 0. The zero-order valence-corrected chi connectivity index (χ0v) is 19.2. The smallest absolute Gasteiger partial charge is 0.261 e. The molecule has 1 amide bonds. The second-order valence-corrected chi connectivity index (χ2v) is 9.38. The van der Waals surface area contributed by atoms with Gasteiger partial charge in [-0.15, -0.1) is 0 Å². The summed E-state index contributed by atoms with van der Waals surface area (Å²) in [6.07, 6.45) is 6.64. The van der Waals surface area contributed by atoms with E-state index in [9.17, 15) is 4.79 Å². The molecule has 1 aliphatic heterocycles. The third kappa shape index (κ3) is 5.23. The molecule has 0 radical (unpaired) electrons. The molecule has 31 heavy (non-hydrogen) atoms. The number of anilines is 1. The molecule has 166 valence electrons. The summed E-state index contributed by atoms with van der Waals surface area (Å²) in [5.41, 5.74) is 5.04. The lowest BCUT2D eigenvalue weighted by molar-refractivity contribution is -0.127. The van der Waals surface area contributed by atoms with Crippen LogP contribution < -0.4 is 15.0 Å². The van der Waals surface area contributed by atoms with E-state index in [1.54, 1.807) is 0 Å². The Morgan fingerprint density at radius 1 is 1.06 bits per heavy atom. The highest BCUT2D eigenvalue weighted by Gasteiger charge is 2.21. The number of piperidine rings is 1. The molecule has 0 spiro atoms. The minimum Gasteiger partial charge on any atom is -0.481 e. The highest BCUT2D eigenvalue weighted by atomic mass is 16.5. The first kappa shape index (κ1) is 21.7. The molecule has 4 nitrogen and oxygen atoms in total.